The second-order valence-electron chi connectivity index (χ2n) is 4.57. The maximum absolute atomic E-state index is 5.92. The van der Waals surface area contributed by atoms with Crippen LogP contribution in [0, 0.1) is 6.92 Å². The van der Waals surface area contributed by atoms with Crippen LogP contribution in [-0.2, 0) is 9.47 Å². The molecule has 0 amide bonds. The first-order chi connectivity index (χ1) is 9.71. The minimum Gasteiger partial charge on any atom is -0.459 e. The summed E-state index contributed by atoms with van der Waals surface area (Å²) < 4.78 is 17.1. The lowest BCUT2D eigenvalue weighted by Crippen LogP contribution is -2.39. The summed E-state index contributed by atoms with van der Waals surface area (Å²) in [5.74, 6) is 6.37. The van der Waals surface area contributed by atoms with Crippen LogP contribution in [0.2, 0.25) is 0 Å². The number of aryl methyl sites for hydroxylation is 1. The van der Waals surface area contributed by atoms with Gasteiger partial charge >= 0.3 is 0 Å². The molecule has 20 heavy (non-hydrogen) atoms. The van der Waals surface area contributed by atoms with E-state index in [-0.39, 0.29) is 6.04 Å². The van der Waals surface area contributed by atoms with Crippen molar-refractivity contribution in [2.75, 3.05) is 13.2 Å². The molecule has 0 bridgehead atoms. The van der Waals surface area contributed by atoms with Gasteiger partial charge in [-0.2, -0.15) is 0 Å². The van der Waals surface area contributed by atoms with Crippen molar-refractivity contribution in [2.45, 2.75) is 33.1 Å². The Morgan fingerprint density at radius 3 is 2.50 bits per heavy atom. The molecule has 110 valence electrons. The second-order valence-corrected chi connectivity index (χ2v) is 4.57. The Morgan fingerprint density at radius 2 is 1.95 bits per heavy atom. The van der Waals surface area contributed by atoms with Crippen molar-refractivity contribution < 1.29 is 13.9 Å². The van der Waals surface area contributed by atoms with Gasteiger partial charge in [0.05, 0.1) is 0 Å². The van der Waals surface area contributed by atoms with Crippen LogP contribution in [0.3, 0.4) is 0 Å². The lowest BCUT2D eigenvalue weighted by Gasteiger charge is -2.24. The standard InChI is InChI=1S/C15H22N2O3/c1-4-18-15(19-5-2)13(17-16)12-9-11-8-6-7-10(3)14(11)20-12/h6-9,13,15,17H,4-5,16H2,1-3H3. The Labute approximate surface area is 119 Å². The van der Waals surface area contributed by atoms with Gasteiger partial charge in [0, 0.05) is 18.6 Å². The van der Waals surface area contributed by atoms with Gasteiger partial charge in [0.15, 0.2) is 6.29 Å². The number of hydrogen-bond donors (Lipinski definition) is 2. The van der Waals surface area contributed by atoms with Crippen LogP contribution in [-0.4, -0.2) is 19.5 Å². The number of para-hydroxylation sites is 1. The van der Waals surface area contributed by atoms with Crippen LogP contribution < -0.4 is 11.3 Å². The average molecular weight is 278 g/mol. The maximum atomic E-state index is 5.92. The summed E-state index contributed by atoms with van der Waals surface area (Å²) in [7, 11) is 0. The number of nitrogens with one attached hydrogen (secondary N) is 1. The topological polar surface area (TPSA) is 69.7 Å². The number of ether oxygens (including phenoxy) is 2. The zero-order chi connectivity index (χ0) is 14.5. The Hall–Kier alpha value is -1.40. The minimum absolute atomic E-state index is 0.346. The molecule has 0 spiro atoms. The van der Waals surface area contributed by atoms with E-state index in [0.717, 1.165) is 16.5 Å². The highest BCUT2D eigenvalue weighted by molar-refractivity contribution is 5.81. The Kier molecular flexibility index (Phi) is 5.14. The largest absolute Gasteiger partial charge is 0.459 e. The minimum atomic E-state index is -0.476. The van der Waals surface area contributed by atoms with Crippen molar-refractivity contribution in [2.24, 2.45) is 5.84 Å². The number of furan rings is 1. The third-order valence-electron chi connectivity index (χ3n) is 3.18. The zero-order valence-electron chi connectivity index (χ0n) is 12.2. The Bertz CT molecular complexity index is 547. The molecule has 0 saturated heterocycles. The summed E-state index contributed by atoms with van der Waals surface area (Å²) >= 11 is 0. The summed E-state index contributed by atoms with van der Waals surface area (Å²) in [6, 6.07) is 7.66. The zero-order valence-corrected chi connectivity index (χ0v) is 12.2. The van der Waals surface area contributed by atoms with Crippen molar-refractivity contribution in [1.82, 2.24) is 5.43 Å². The Morgan fingerprint density at radius 1 is 1.25 bits per heavy atom. The normalized spacial score (nSPS) is 13.2. The molecular formula is C15H22N2O3. The summed E-state index contributed by atoms with van der Waals surface area (Å²) in [6.07, 6.45) is -0.476. The van der Waals surface area contributed by atoms with Gasteiger partial charge in [0.25, 0.3) is 0 Å². The van der Waals surface area contributed by atoms with E-state index >= 15 is 0 Å². The molecule has 2 rings (SSSR count). The number of hydrazine groups is 1. The average Bonchev–Trinajstić information content (AvgIpc) is 2.85. The third kappa shape index (κ3) is 3.02. The first-order valence-electron chi connectivity index (χ1n) is 6.89. The van der Waals surface area contributed by atoms with Gasteiger partial charge in [-0.1, -0.05) is 18.2 Å². The predicted octanol–water partition coefficient (Wildman–Crippen LogP) is 2.64. The van der Waals surface area contributed by atoms with E-state index in [2.05, 4.69) is 5.43 Å². The first-order valence-corrected chi connectivity index (χ1v) is 6.89. The van der Waals surface area contributed by atoms with Crippen LogP contribution in [0.5, 0.6) is 0 Å². The molecule has 0 aliphatic carbocycles. The quantitative estimate of drug-likeness (QED) is 0.463. The molecule has 5 heteroatoms. The van der Waals surface area contributed by atoms with Gasteiger partial charge in [0.2, 0.25) is 0 Å². The van der Waals surface area contributed by atoms with Gasteiger partial charge in [-0.05, 0) is 32.4 Å². The smallest absolute Gasteiger partial charge is 0.181 e. The lowest BCUT2D eigenvalue weighted by molar-refractivity contribution is -0.157. The molecular weight excluding hydrogens is 256 g/mol. The molecule has 1 aromatic carbocycles. The monoisotopic (exact) mass is 278 g/mol. The molecule has 0 fully saturated rings. The molecule has 1 heterocycles. The molecule has 1 aromatic heterocycles. The van der Waals surface area contributed by atoms with Gasteiger partial charge in [-0.3, -0.25) is 5.84 Å². The van der Waals surface area contributed by atoms with Crippen molar-refractivity contribution in [3.63, 3.8) is 0 Å². The lowest BCUT2D eigenvalue weighted by atomic mass is 10.1. The van der Waals surface area contributed by atoms with E-state index in [1.54, 1.807) is 0 Å². The van der Waals surface area contributed by atoms with Gasteiger partial charge in [-0.25, -0.2) is 5.43 Å². The SMILES string of the molecule is CCOC(OCC)C(NN)c1cc2cccc(C)c2o1. The van der Waals surface area contributed by atoms with Crippen LogP contribution in [0.25, 0.3) is 11.0 Å². The fourth-order valence-electron chi connectivity index (χ4n) is 2.25. The van der Waals surface area contributed by atoms with Gasteiger partial charge in [0.1, 0.15) is 17.4 Å². The number of benzene rings is 1. The van der Waals surface area contributed by atoms with Crippen LogP contribution >= 0.6 is 0 Å². The highest BCUT2D eigenvalue weighted by Crippen LogP contribution is 2.28. The van der Waals surface area contributed by atoms with Crippen LogP contribution in [0.4, 0.5) is 0 Å². The van der Waals surface area contributed by atoms with Crippen molar-refractivity contribution in [3.05, 3.63) is 35.6 Å². The number of hydrogen-bond acceptors (Lipinski definition) is 5. The highest BCUT2D eigenvalue weighted by atomic mass is 16.7. The third-order valence-corrected chi connectivity index (χ3v) is 3.18. The highest BCUT2D eigenvalue weighted by Gasteiger charge is 2.26. The van der Waals surface area contributed by atoms with Crippen molar-refractivity contribution >= 4 is 11.0 Å². The van der Waals surface area contributed by atoms with Gasteiger partial charge < -0.3 is 13.9 Å². The van der Waals surface area contributed by atoms with Crippen molar-refractivity contribution in [1.29, 1.82) is 0 Å². The molecule has 0 aliphatic heterocycles. The Balaban J connectivity index is 2.34. The van der Waals surface area contributed by atoms with E-state index in [9.17, 15) is 0 Å². The van der Waals surface area contributed by atoms with E-state index in [1.807, 2.05) is 45.0 Å². The van der Waals surface area contributed by atoms with Crippen LogP contribution in [0.15, 0.2) is 28.7 Å². The molecule has 1 atom stereocenters. The first kappa shape index (κ1) is 15.0. The second kappa shape index (κ2) is 6.85. The van der Waals surface area contributed by atoms with Gasteiger partial charge in [-0.15, -0.1) is 0 Å². The fourth-order valence-corrected chi connectivity index (χ4v) is 2.25. The molecule has 1 unspecified atom stereocenters. The van der Waals surface area contributed by atoms with Crippen molar-refractivity contribution in [3.8, 4) is 0 Å². The molecule has 3 N–H and O–H groups in total. The summed E-state index contributed by atoms with van der Waals surface area (Å²) in [4.78, 5) is 0. The molecule has 0 radical (unpaired) electrons. The van der Waals surface area contributed by atoms with Crippen LogP contribution in [0.1, 0.15) is 31.2 Å². The molecule has 0 aliphatic rings. The van der Waals surface area contributed by atoms with E-state index in [4.69, 9.17) is 19.7 Å². The number of rotatable bonds is 7. The molecule has 5 nitrogen and oxygen atoms in total. The predicted molar refractivity (Wildman–Crippen MR) is 78.1 cm³/mol. The summed E-state index contributed by atoms with van der Waals surface area (Å²) in [5, 5.41) is 1.05. The van der Waals surface area contributed by atoms with E-state index < -0.39 is 6.29 Å². The molecule has 0 saturated carbocycles. The number of nitrogens with two attached hydrogens (primary N) is 1. The van der Waals surface area contributed by atoms with E-state index in [1.165, 1.54) is 0 Å². The number of fused-ring (bicyclic) bond motifs is 1. The van der Waals surface area contributed by atoms with E-state index in [0.29, 0.717) is 19.0 Å². The summed E-state index contributed by atoms with van der Waals surface area (Å²) in [6.45, 7) is 6.94. The summed E-state index contributed by atoms with van der Waals surface area (Å²) in [5.41, 5.74) is 4.69. The molecule has 2 aromatic rings. The maximum Gasteiger partial charge on any atom is 0.181 e. The fraction of sp³-hybridized carbons (Fsp3) is 0.467.